The molecule has 5 rings (SSSR count). The Balaban J connectivity index is 0.908. The van der Waals surface area contributed by atoms with Crippen molar-refractivity contribution >= 4 is 29.8 Å². The quantitative estimate of drug-likeness (QED) is 0.0273. The van der Waals surface area contributed by atoms with E-state index in [1.807, 2.05) is 60.7 Å². The third kappa shape index (κ3) is 29.4. The molecule has 2 aromatic rings. The largest absolute Gasteiger partial charge is 0.462 e. The molecular weight excluding hydrogens is 1100 g/mol. The number of hydrogen-bond donors (Lipinski definition) is 0. The second-order valence-electron chi connectivity index (χ2n) is 27.1. The van der Waals surface area contributed by atoms with Crippen LogP contribution in [0, 0.1) is 0 Å². The van der Waals surface area contributed by atoms with Crippen molar-refractivity contribution in [1.82, 2.24) is 0 Å². The molecular formula is C77H126NO10+. The number of unbranched alkanes of at least 4 members (excludes halogenated alkanes) is 36. The summed E-state index contributed by atoms with van der Waals surface area (Å²) >= 11 is 0. The Kier molecular flexibility index (Phi) is 39.6. The van der Waals surface area contributed by atoms with Gasteiger partial charge >= 0.3 is 29.8 Å². The van der Waals surface area contributed by atoms with E-state index in [1.54, 1.807) is 0 Å². The molecule has 3 aliphatic heterocycles. The molecule has 0 saturated carbocycles. The zero-order valence-corrected chi connectivity index (χ0v) is 56.1. The Morgan fingerprint density at radius 1 is 0.409 bits per heavy atom. The van der Waals surface area contributed by atoms with Crippen molar-refractivity contribution in [1.29, 1.82) is 0 Å². The average Bonchev–Trinajstić information content (AvgIpc) is 1.77. The molecule has 0 N–H and O–H groups in total. The summed E-state index contributed by atoms with van der Waals surface area (Å²) in [6, 6.07) is 20.0. The van der Waals surface area contributed by atoms with Crippen LogP contribution in [0.5, 0.6) is 0 Å². The lowest BCUT2D eigenvalue weighted by Gasteiger charge is -2.47. The van der Waals surface area contributed by atoms with Crippen molar-refractivity contribution < 1.29 is 52.1 Å². The van der Waals surface area contributed by atoms with Crippen molar-refractivity contribution in [2.45, 2.75) is 358 Å². The van der Waals surface area contributed by atoms with Gasteiger partial charge in [-0.2, -0.15) is 0 Å². The molecule has 11 nitrogen and oxygen atoms in total. The van der Waals surface area contributed by atoms with Gasteiger partial charge < -0.3 is 28.2 Å². The standard InChI is InChI=1S/C77H126NO10/c1-3-5-7-9-11-13-15-18-22-26-30-34-44-54-72(79)84-64-71(65-85-73(80)55-45-35-31-27-23-19-16-14-12-10-8-6-4-2)86-74(81)56-46-36-32-28-24-20-17-21-25-29-33-37-47-57-75(82)88-77(66-50-40-38-41-51-66,67-52-42-39-43-53-67)76(83)87-70-62-68-58-59-69(63-70)78(68)60-48-49-61-78/h38-43,50-53,68-71H,3-37,44-49,54-65H2,1-2H3/q+1. The third-order valence-electron chi connectivity index (χ3n) is 19.8. The molecule has 88 heavy (non-hydrogen) atoms. The number of quaternary nitrogens is 1. The van der Waals surface area contributed by atoms with Crippen molar-refractivity contribution in [3.8, 4) is 0 Å². The Hall–Kier alpha value is -4.25. The molecule has 3 aliphatic rings. The van der Waals surface area contributed by atoms with Gasteiger partial charge in [0.15, 0.2) is 6.10 Å². The molecule has 3 saturated heterocycles. The molecule has 3 fully saturated rings. The van der Waals surface area contributed by atoms with Crippen LogP contribution in [0.25, 0.3) is 0 Å². The van der Waals surface area contributed by atoms with E-state index in [9.17, 15) is 24.0 Å². The molecule has 2 unspecified atom stereocenters. The van der Waals surface area contributed by atoms with Gasteiger partial charge in [0.2, 0.25) is 0 Å². The van der Waals surface area contributed by atoms with Gasteiger partial charge in [0, 0.05) is 75.3 Å². The Morgan fingerprint density at radius 3 is 1.06 bits per heavy atom. The fraction of sp³-hybridized carbons (Fsp3) is 0.779. The highest BCUT2D eigenvalue weighted by Crippen LogP contribution is 2.47. The maximum absolute atomic E-state index is 14.7. The first kappa shape index (κ1) is 74.5. The van der Waals surface area contributed by atoms with Crippen LogP contribution in [0.4, 0.5) is 0 Å². The first-order valence-corrected chi connectivity index (χ1v) is 37.1. The van der Waals surface area contributed by atoms with Crippen LogP contribution in [-0.2, 0) is 53.3 Å². The number of benzene rings is 2. The number of esters is 5. The topological polar surface area (TPSA) is 132 Å². The normalized spacial score (nSPS) is 16.9. The van der Waals surface area contributed by atoms with Crippen molar-refractivity contribution in [2.75, 3.05) is 26.3 Å². The van der Waals surface area contributed by atoms with Crippen LogP contribution in [0.3, 0.4) is 0 Å². The van der Waals surface area contributed by atoms with E-state index in [2.05, 4.69) is 13.8 Å². The van der Waals surface area contributed by atoms with Gasteiger partial charge in [-0.3, -0.25) is 19.2 Å². The lowest BCUT2D eigenvalue weighted by molar-refractivity contribution is -0.956. The van der Waals surface area contributed by atoms with Crippen LogP contribution in [0.2, 0.25) is 0 Å². The molecule has 0 amide bonds. The first-order valence-electron chi connectivity index (χ1n) is 37.1. The van der Waals surface area contributed by atoms with Crippen LogP contribution < -0.4 is 0 Å². The van der Waals surface area contributed by atoms with Gasteiger partial charge in [-0.05, 0) is 25.7 Å². The molecule has 0 radical (unpaired) electrons. The monoisotopic (exact) mass is 1220 g/mol. The smallest absolute Gasteiger partial charge is 0.360 e. The SMILES string of the molecule is CCCCCCCCCCCCCCCC(=O)OCC(COC(=O)CCCCCCCCCCCCCCC)OC(=O)CCCCCCCCCCCCCCCC(=O)OC(C(=O)OC1CC2CCC(C1)[N+]21CCCC1)(c1ccccc1)c1ccccc1. The maximum atomic E-state index is 14.7. The Labute approximate surface area is 536 Å². The van der Waals surface area contributed by atoms with E-state index in [4.69, 9.17) is 23.7 Å². The summed E-state index contributed by atoms with van der Waals surface area (Å²) in [6.07, 6.45) is 52.9. The molecule has 1 spiro atoms. The fourth-order valence-corrected chi connectivity index (χ4v) is 14.6. The van der Waals surface area contributed by atoms with Crippen LogP contribution in [0.1, 0.15) is 340 Å². The number of carbonyl (C=O) groups excluding carboxylic acids is 5. The highest BCUT2D eigenvalue weighted by Gasteiger charge is 2.57. The van der Waals surface area contributed by atoms with Crippen molar-refractivity contribution in [2.24, 2.45) is 0 Å². The van der Waals surface area contributed by atoms with Gasteiger partial charge in [-0.25, -0.2) is 4.79 Å². The molecule has 0 aromatic heterocycles. The van der Waals surface area contributed by atoms with Gasteiger partial charge in [0.05, 0.1) is 25.2 Å². The number of nitrogens with zero attached hydrogens (tertiary/aromatic N) is 1. The predicted octanol–water partition coefficient (Wildman–Crippen LogP) is 20.1. The lowest BCUT2D eigenvalue weighted by Crippen LogP contribution is -2.60. The second kappa shape index (κ2) is 46.8. The van der Waals surface area contributed by atoms with Gasteiger partial charge in [0.1, 0.15) is 19.3 Å². The number of hydrogen-bond acceptors (Lipinski definition) is 10. The minimum Gasteiger partial charge on any atom is -0.462 e. The molecule has 2 atom stereocenters. The molecule has 3 heterocycles. The molecule has 11 heteroatoms. The van der Waals surface area contributed by atoms with Gasteiger partial charge in [0.25, 0.3) is 5.60 Å². The lowest BCUT2D eigenvalue weighted by atomic mass is 9.85. The average molecular weight is 1230 g/mol. The van der Waals surface area contributed by atoms with Crippen LogP contribution in [-0.4, -0.2) is 84.9 Å². The van der Waals surface area contributed by atoms with E-state index < -0.39 is 17.7 Å². The zero-order valence-electron chi connectivity index (χ0n) is 56.1. The summed E-state index contributed by atoms with van der Waals surface area (Å²) in [7, 11) is 0. The molecule has 498 valence electrons. The number of carbonyl (C=O) groups is 5. The summed E-state index contributed by atoms with van der Waals surface area (Å²) in [6.45, 7) is 6.84. The maximum Gasteiger partial charge on any atom is 0.360 e. The van der Waals surface area contributed by atoms with E-state index in [1.165, 1.54) is 204 Å². The summed E-state index contributed by atoms with van der Waals surface area (Å²) in [4.78, 5) is 67.1. The fourth-order valence-electron chi connectivity index (χ4n) is 14.6. The first-order chi connectivity index (χ1) is 43.2. The third-order valence-corrected chi connectivity index (χ3v) is 19.8. The van der Waals surface area contributed by atoms with Gasteiger partial charge in [-0.1, -0.05) is 299 Å². The zero-order chi connectivity index (χ0) is 62.4. The molecule has 2 bridgehead atoms. The van der Waals surface area contributed by atoms with Crippen molar-refractivity contribution in [3.05, 3.63) is 71.8 Å². The summed E-state index contributed by atoms with van der Waals surface area (Å²) in [5, 5.41) is 0. The van der Waals surface area contributed by atoms with Crippen molar-refractivity contribution in [3.63, 3.8) is 0 Å². The second-order valence-corrected chi connectivity index (χ2v) is 27.1. The highest BCUT2D eigenvalue weighted by molar-refractivity contribution is 5.89. The number of piperidine rings is 1. The van der Waals surface area contributed by atoms with E-state index in [0.29, 0.717) is 42.5 Å². The summed E-state index contributed by atoms with van der Waals surface area (Å²) < 4.78 is 31.2. The number of ether oxygens (including phenoxy) is 5. The van der Waals surface area contributed by atoms with E-state index in [0.717, 1.165) is 96.3 Å². The minimum absolute atomic E-state index is 0.0988. The Morgan fingerprint density at radius 2 is 0.716 bits per heavy atom. The predicted molar refractivity (Wildman–Crippen MR) is 357 cm³/mol. The molecule has 0 aliphatic carbocycles. The van der Waals surface area contributed by atoms with Crippen LogP contribution in [0.15, 0.2) is 60.7 Å². The summed E-state index contributed by atoms with van der Waals surface area (Å²) in [5.74, 6) is -1.79. The minimum atomic E-state index is -1.68. The summed E-state index contributed by atoms with van der Waals surface area (Å²) in [5.41, 5.74) is -0.449. The Bertz CT molecular complexity index is 2020. The van der Waals surface area contributed by atoms with Gasteiger partial charge in [-0.15, -0.1) is 0 Å². The van der Waals surface area contributed by atoms with E-state index in [-0.39, 0.29) is 56.0 Å². The number of rotatable bonds is 54. The molecule has 2 aromatic carbocycles. The highest BCUT2D eigenvalue weighted by atomic mass is 16.6. The van der Waals surface area contributed by atoms with E-state index >= 15 is 0 Å². The van der Waals surface area contributed by atoms with Crippen LogP contribution >= 0.6 is 0 Å².